The van der Waals surface area contributed by atoms with Crippen molar-refractivity contribution in [2.45, 2.75) is 6.92 Å². The summed E-state index contributed by atoms with van der Waals surface area (Å²) in [5.74, 6) is 0.827. The molecule has 3 rings (SSSR count). The molecular formula is C26H24O6. The van der Waals surface area contributed by atoms with Gasteiger partial charge in [-0.15, -0.1) is 0 Å². The molecule has 0 fully saturated rings. The van der Waals surface area contributed by atoms with Crippen molar-refractivity contribution in [3.05, 3.63) is 89.0 Å². The molecule has 0 saturated heterocycles. The Hall–Kier alpha value is -4.06. The summed E-state index contributed by atoms with van der Waals surface area (Å²) < 4.78 is 21.3. The zero-order valence-corrected chi connectivity index (χ0v) is 18.4. The van der Waals surface area contributed by atoms with E-state index in [1.165, 1.54) is 39.5 Å². The molecular weight excluding hydrogens is 408 g/mol. The van der Waals surface area contributed by atoms with Crippen LogP contribution in [-0.4, -0.2) is 33.1 Å². The van der Waals surface area contributed by atoms with E-state index < -0.39 is 5.97 Å². The number of ether oxygens (including phenoxy) is 4. The molecule has 0 bridgehead atoms. The van der Waals surface area contributed by atoms with E-state index in [-0.39, 0.29) is 11.3 Å². The Morgan fingerprint density at radius 3 is 1.88 bits per heavy atom. The largest absolute Gasteiger partial charge is 0.493 e. The van der Waals surface area contributed by atoms with Crippen LogP contribution in [0.2, 0.25) is 0 Å². The zero-order chi connectivity index (χ0) is 23.1. The SMILES string of the molecule is COc1cc(C(=O)Oc2ccc(C=CC(=O)c3ccc(C)cc3)cc2)cc(OC)c1OC. The van der Waals surface area contributed by atoms with Crippen LogP contribution < -0.4 is 18.9 Å². The first-order valence-electron chi connectivity index (χ1n) is 9.86. The van der Waals surface area contributed by atoms with Crippen LogP contribution in [0.1, 0.15) is 31.8 Å². The fourth-order valence-electron chi connectivity index (χ4n) is 3.00. The van der Waals surface area contributed by atoms with Crippen LogP contribution in [0.15, 0.2) is 66.7 Å². The van der Waals surface area contributed by atoms with Gasteiger partial charge in [0.1, 0.15) is 5.75 Å². The predicted molar refractivity (Wildman–Crippen MR) is 122 cm³/mol. The molecule has 0 spiro atoms. The van der Waals surface area contributed by atoms with Gasteiger partial charge in [-0.25, -0.2) is 4.79 Å². The van der Waals surface area contributed by atoms with Crippen LogP contribution in [0.25, 0.3) is 6.08 Å². The zero-order valence-electron chi connectivity index (χ0n) is 18.4. The lowest BCUT2D eigenvalue weighted by molar-refractivity contribution is 0.0733. The second kappa shape index (κ2) is 10.3. The molecule has 164 valence electrons. The number of hydrogen-bond donors (Lipinski definition) is 0. The lowest BCUT2D eigenvalue weighted by atomic mass is 10.1. The fourth-order valence-corrected chi connectivity index (χ4v) is 3.00. The smallest absolute Gasteiger partial charge is 0.343 e. The molecule has 32 heavy (non-hydrogen) atoms. The van der Waals surface area contributed by atoms with Gasteiger partial charge < -0.3 is 18.9 Å². The van der Waals surface area contributed by atoms with Crippen molar-refractivity contribution in [3.63, 3.8) is 0 Å². The van der Waals surface area contributed by atoms with Crippen molar-refractivity contribution in [2.24, 2.45) is 0 Å². The van der Waals surface area contributed by atoms with Crippen LogP contribution in [0.3, 0.4) is 0 Å². The summed E-state index contributed by atoms with van der Waals surface area (Å²) in [6.45, 7) is 1.97. The van der Waals surface area contributed by atoms with E-state index in [1.807, 2.05) is 19.1 Å². The van der Waals surface area contributed by atoms with E-state index in [1.54, 1.807) is 42.5 Å². The molecule has 0 amide bonds. The maximum Gasteiger partial charge on any atom is 0.343 e. The minimum atomic E-state index is -0.568. The summed E-state index contributed by atoms with van der Waals surface area (Å²) in [7, 11) is 4.44. The Morgan fingerprint density at radius 2 is 1.34 bits per heavy atom. The van der Waals surface area contributed by atoms with E-state index in [0.29, 0.717) is 28.6 Å². The molecule has 0 aliphatic rings. The summed E-state index contributed by atoms with van der Waals surface area (Å²) in [5.41, 5.74) is 2.79. The summed E-state index contributed by atoms with van der Waals surface area (Å²) in [4.78, 5) is 24.9. The highest BCUT2D eigenvalue weighted by Crippen LogP contribution is 2.38. The molecule has 0 saturated carbocycles. The topological polar surface area (TPSA) is 71.1 Å². The highest BCUT2D eigenvalue weighted by Gasteiger charge is 2.18. The summed E-state index contributed by atoms with van der Waals surface area (Å²) >= 11 is 0. The molecule has 3 aromatic rings. The van der Waals surface area contributed by atoms with Gasteiger partial charge in [0.15, 0.2) is 17.3 Å². The van der Waals surface area contributed by atoms with E-state index in [4.69, 9.17) is 18.9 Å². The van der Waals surface area contributed by atoms with Gasteiger partial charge in [0.05, 0.1) is 26.9 Å². The predicted octanol–water partition coefficient (Wildman–Crippen LogP) is 5.14. The van der Waals surface area contributed by atoms with Crippen LogP contribution in [-0.2, 0) is 0 Å². The average Bonchev–Trinajstić information content (AvgIpc) is 2.82. The number of allylic oxidation sites excluding steroid dienone is 1. The average molecular weight is 432 g/mol. The lowest BCUT2D eigenvalue weighted by Crippen LogP contribution is -2.09. The second-order valence-electron chi connectivity index (χ2n) is 6.94. The van der Waals surface area contributed by atoms with Crippen molar-refractivity contribution in [3.8, 4) is 23.0 Å². The molecule has 0 aliphatic carbocycles. The number of aryl methyl sites for hydroxylation is 1. The lowest BCUT2D eigenvalue weighted by Gasteiger charge is -2.13. The first-order chi connectivity index (χ1) is 15.4. The van der Waals surface area contributed by atoms with Crippen molar-refractivity contribution in [2.75, 3.05) is 21.3 Å². The summed E-state index contributed by atoms with van der Waals surface area (Å²) in [5, 5.41) is 0. The second-order valence-corrected chi connectivity index (χ2v) is 6.94. The number of methoxy groups -OCH3 is 3. The molecule has 3 aromatic carbocycles. The molecule has 0 atom stereocenters. The Bertz CT molecular complexity index is 1100. The van der Waals surface area contributed by atoms with Gasteiger partial charge in [-0.2, -0.15) is 0 Å². The van der Waals surface area contributed by atoms with E-state index in [9.17, 15) is 9.59 Å². The number of esters is 1. The fraction of sp³-hybridized carbons (Fsp3) is 0.154. The highest BCUT2D eigenvalue weighted by atomic mass is 16.5. The molecule has 6 nitrogen and oxygen atoms in total. The Morgan fingerprint density at radius 1 is 0.750 bits per heavy atom. The molecule has 0 N–H and O–H groups in total. The maximum absolute atomic E-state index is 12.6. The van der Waals surface area contributed by atoms with Gasteiger partial charge >= 0.3 is 5.97 Å². The highest BCUT2D eigenvalue weighted by molar-refractivity contribution is 6.06. The maximum atomic E-state index is 12.6. The number of hydrogen-bond acceptors (Lipinski definition) is 6. The summed E-state index contributed by atoms with van der Waals surface area (Å²) in [6, 6.07) is 17.3. The Balaban J connectivity index is 1.69. The number of carbonyl (C=O) groups excluding carboxylic acids is 2. The van der Waals surface area contributed by atoms with Crippen LogP contribution in [0, 0.1) is 6.92 Å². The van der Waals surface area contributed by atoms with E-state index in [0.717, 1.165) is 11.1 Å². The Kier molecular flexibility index (Phi) is 7.29. The van der Waals surface area contributed by atoms with Crippen molar-refractivity contribution in [1.29, 1.82) is 0 Å². The number of carbonyl (C=O) groups is 2. The Labute approximate surface area is 187 Å². The molecule has 0 heterocycles. The molecule has 0 aliphatic heterocycles. The normalized spacial score (nSPS) is 10.6. The van der Waals surface area contributed by atoms with Crippen molar-refractivity contribution >= 4 is 17.8 Å². The minimum Gasteiger partial charge on any atom is -0.493 e. The van der Waals surface area contributed by atoms with Gasteiger partial charge in [0.25, 0.3) is 0 Å². The van der Waals surface area contributed by atoms with Gasteiger partial charge in [-0.1, -0.05) is 48.0 Å². The third-order valence-corrected chi connectivity index (χ3v) is 4.75. The number of ketones is 1. The third-order valence-electron chi connectivity index (χ3n) is 4.75. The van der Waals surface area contributed by atoms with Crippen LogP contribution in [0.5, 0.6) is 23.0 Å². The monoisotopic (exact) mass is 432 g/mol. The van der Waals surface area contributed by atoms with Crippen LogP contribution in [0.4, 0.5) is 0 Å². The van der Waals surface area contributed by atoms with E-state index >= 15 is 0 Å². The van der Waals surface area contributed by atoms with Crippen molar-refractivity contribution in [1.82, 2.24) is 0 Å². The minimum absolute atomic E-state index is 0.0806. The van der Waals surface area contributed by atoms with Crippen molar-refractivity contribution < 1.29 is 28.5 Å². The number of rotatable bonds is 8. The van der Waals surface area contributed by atoms with Gasteiger partial charge in [0.2, 0.25) is 5.75 Å². The molecule has 0 radical (unpaired) electrons. The van der Waals surface area contributed by atoms with Crippen LogP contribution >= 0.6 is 0 Å². The first kappa shape index (κ1) is 22.6. The summed E-state index contributed by atoms with van der Waals surface area (Å²) in [6.07, 6.45) is 3.23. The first-order valence-corrected chi connectivity index (χ1v) is 9.86. The van der Waals surface area contributed by atoms with E-state index in [2.05, 4.69) is 0 Å². The quantitative estimate of drug-likeness (QED) is 0.213. The molecule has 6 heteroatoms. The third kappa shape index (κ3) is 5.35. The standard InChI is InChI=1S/C26H24O6/c1-17-5-10-19(11-6-17)22(27)14-9-18-7-12-21(13-8-18)32-26(28)20-15-23(29-2)25(31-4)24(16-20)30-3/h5-16H,1-4H3. The molecule has 0 unspecified atom stereocenters. The van der Waals surface area contributed by atoms with Gasteiger partial charge in [0, 0.05) is 5.56 Å². The van der Waals surface area contributed by atoms with Gasteiger partial charge in [-0.05, 0) is 42.8 Å². The van der Waals surface area contributed by atoms with Gasteiger partial charge in [-0.3, -0.25) is 4.79 Å². The number of benzene rings is 3. The molecule has 0 aromatic heterocycles.